The molecule has 0 fully saturated rings. The fraction of sp³-hybridized carbons (Fsp3) is 0. The fourth-order valence-electron chi connectivity index (χ4n) is 0.869. The van der Waals surface area contributed by atoms with E-state index >= 15 is 0 Å². The molecule has 2 aromatic rings. The number of pyridine rings is 1. The average Bonchev–Trinajstić information content (AvgIpc) is 2.33. The number of nitrogen functional groups attached to an aromatic ring is 1. The van der Waals surface area contributed by atoms with Crippen LogP contribution in [-0.4, -0.2) is 4.98 Å². The molecular weight excluding hydrogens is 144 g/mol. The summed E-state index contributed by atoms with van der Waals surface area (Å²) in [6, 6.07) is 5.78. The van der Waals surface area contributed by atoms with Crippen LogP contribution in [0.5, 0.6) is 0 Å². The summed E-state index contributed by atoms with van der Waals surface area (Å²) in [4.78, 5) is 4.12. The molecule has 50 valence electrons. The molecular formula is C7H6N2S. The van der Waals surface area contributed by atoms with Gasteiger partial charge in [-0.25, -0.2) is 4.98 Å². The lowest BCUT2D eigenvalue weighted by atomic mass is 10.4. The van der Waals surface area contributed by atoms with Gasteiger partial charge in [-0.2, -0.15) is 0 Å². The molecule has 2 heterocycles. The summed E-state index contributed by atoms with van der Waals surface area (Å²) in [7, 11) is 0. The van der Waals surface area contributed by atoms with Crippen molar-refractivity contribution in [1.29, 1.82) is 0 Å². The summed E-state index contributed by atoms with van der Waals surface area (Å²) in [6.45, 7) is 0. The molecule has 2 aromatic heterocycles. The first-order valence-corrected chi connectivity index (χ1v) is 3.84. The van der Waals surface area contributed by atoms with Gasteiger partial charge in [0.2, 0.25) is 0 Å². The SMILES string of the molecule is Nc1ccc2sccc2n1. The van der Waals surface area contributed by atoms with Crippen LogP contribution in [0.3, 0.4) is 0 Å². The third-order valence-electron chi connectivity index (χ3n) is 1.33. The van der Waals surface area contributed by atoms with E-state index in [2.05, 4.69) is 4.98 Å². The zero-order valence-electron chi connectivity index (χ0n) is 5.24. The second-order valence-corrected chi connectivity index (χ2v) is 2.99. The van der Waals surface area contributed by atoms with Gasteiger partial charge >= 0.3 is 0 Å². The summed E-state index contributed by atoms with van der Waals surface area (Å²) in [5.74, 6) is 0.589. The predicted octanol–water partition coefficient (Wildman–Crippen LogP) is 1.88. The first-order valence-electron chi connectivity index (χ1n) is 2.96. The Morgan fingerprint density at radius 1 is 1.30 bits per heavy atom. The highest BCUT2D eigenvalue weighted by molar-refractivity contribution is 7.17. The molecule has 3 heteroatoms. The van der Waals surface area contributed by atoms with Crippen LogP contribution >= 0.6 is 11.3 Å². The maximum Gasteiger partial charge on any atom is 0.124 e. The topological polar surface area (TPSA) is 38.9 Å². The summed E-state index contributed by atoms with van der Waals surface area (Å²) in [5.41, 5.74) is 6.47. The van der Waals surface area contributed by atoms with E-state index in [1.54, 1.807) is 11.3 Å². The second-order valence-electron chi connectivity index (χ2n) is 2.04. The van der Waals surface area contributed by atoms with Crippen LogP contribution in [-0.2, 0) is 0 Å². The zero-order valence-corrected chi connectivity index (χ0v) is 6.06. The van der Waals surface area contributed by atoms with Crippen LogP contribution in [0.2, 0.25) is 0 Å². The van der Waals surface area contributed by atoms with Crippen molar-refractivity contribution < 1.29 is 0 Å². The Balaban J connectivity index is 2.86. The van der Waals surface area contributed by atoms with Crippen LogP contribution in [0.25, 0.3) is 10.2 Å². The number of rotatable bonds is 0. The van der Waals surface area contributed by atoms with Crippen molar-refractivity contribution in [2.75, 3.05) is 5.73 Å². The van der Waals surface area contributed by atoms with Gasteiger partial charge in [-0.15, -0.1) is 11.3 Å². The van der Waals surface area contributed by atoms with Crippen molar-refractivity contribution >= 4 is 27.4 Å². The Hall–Kier alpha value is -1.09. The van der Waals surface area contributed by atoms with Gasteiger partial charge in [0.05, 0.1) is 10.2 Å². The lowest BCUT2D eigenvalue weighted by molar-refractivity contribution is 1.43. The first-order chi connectivity index (χ1) is 4.86. The van der Waals surface area contributed by atoms with Gasteiger partial charge in [0.1, 0.15) is 5.82 Å². The van der Waals surface area contributed by atoms with Crippen molar-refractivity contribution in [1.82, 2.24) is 4.98 Å². The van der Waals surface area contributed by atoms with Gasteiger partial charge in [-0.1, -0.05) is 0 Å². The fourth-order valence-corrected chi connectivity index (χ4v) is 1.59. The molecule has 0 aliphatic carbocycles. The number of anilines is 1. The Kier molecular flexibility index (Phi) is 1.11. The molecule has 0 bridgehead atoms. The number of thiophene rings is 1. The molecule has 2 nitrogen and oxygen atoms in total. The Labute approximate surface area is 62.3 Å². The molecule has 0 aliphatic heterocycles. The highest BCUT2D eigenvalue weighted by atomic mass is 32.1. The van der Waals surface area contributed by atoms with Crippen molar-refractivity contribution in [2.45, 2.75) is 0 Å². The molecule has 0 radical (unpaired) electrons. The Morgan fingerprint density at radius 3 is 3.10 bits per heavy atom. The molecule has 0 aliphatic rings. The van der Waals surface area contributed by atoms with Gasteiger partial charge in [0.25, 0.3) is 0 Å². The van der Waals surface area contributed by atoms with E-state index in [1.165, 1.54) is 4.70 Å². The van der Waals surface area contributed by atoms with Gasteiger partial charge in [0.15, 0.2) is 0 Å². The van der Waals surface area contributed by atoms with Crippen LogP contribution in [0.15, 0.2) is 23.6 Å². The number of hydrogen-bond donors (Lipinski definition) is 1. The van der Waals surface area contributed by atoms with Gasteiger partial charge in [-0.05, 0) is 23.6 Å². The monoisotopic (exact) mass is 150 g/mol. The van der Waals surface area contributed by atoms with Crippen molar-refractivity contribution in [3.63, 3.8) is 0 Å². The van der Waals surface area contributed by atoms with Crippen LogP contribution in [0.1, 0.15) is 0 Å². The standard InChI is InChI=1S/C7H6N2S/c8-7-2-1-6-5(9-7)3-4-10-6/h1-4H,(H2,8,9). The second kappa shape index (κ2) is 1.95. The van der Waals surface area contributed by atoms with Crippen LogP contribution in [0.4, 0.5) is 5.82 Å². The summed E-state index contributed by atoms with van der Waals surface area (Å²) in [6.07, 6.45) is 0. The Morgan fingerprint density at radius 2 is 2.20 bits per heavy atom. The molecule has 2 rings (SSSR count). The highest BCUT2D eigenvalue weighted by Gasteiger charge is 1.93. The number of nitrogens with zero attached hydrogens (tertiary/aromatic N) is 1. The smallest absolute Gasteiger partial charge is 0.124 e. The maximum absolute atomic E-state index is 5.48. The van der Waals surface area contributed by atoms with E-state index in [9.17, 15) is 0 Å². The zero-order chi connectivity index (χ0) is 6.97. The predicted molar refractivity (Wildman–Crippen MR) is 44.0 cm³/mol. The van der Waals surface area contributed by atoms with E-state index < -0.39 is 0 Å². The summed E-state index contributed by atoms with van der Waals surface area (Å²) < 4.78 is 1.19. The van der Waals surface area contributed by atoms with Crippen LogP contribution in [0, 0.1) is 0 Å². The average molecular weight is 150 g/mol. The third kappa shape index (κ3) is 0.752. The molecule has 0 unspecified atom stereocenters. The highest BCUT2D eigenvalue weighted by Crippen LogP contribution is 2.18. The lowest BCUT2D eigenvalue weighted by Gasteiger charge is -1.89. The molecule has 0 saturated carbocycles. The molecule has 0 aromatic carbocycles. The summed E-state index contributed by atoms with van der Waals surface area (Å²) >= 11 is 1.68. The molecule has 0 saturated heterocycles. The first kappa shape index (κ1) is 5.68. The molecule has 2 N–H and O–H groups in total. The minimum atomic E-state index is 0.589. The van der Waals surface area contributed by atoms with Crippen LogP contribution < -0.4 is 5.73 Å². The van der Waals surface area contributed by atoms with E-state index in [-0.39, 0.29) is 0 Å². The van der Waals surface area contributed by atoms with Crippen molar-refractivity contribution in [2.24, 2.45) is 0 Å². The summed E-state index contributed by atoms with van der Waals surface area (Å²) in [5, 5.41) is 2.01. The quantitative estimate of drug-likeness (QED) is 0.622. The molecule has 10 heavy (non-hydrogen) atoms. The maximum atomic E-state index is 5.48. The lowest BCUT2D eigenvalue weighted by Crippen LogP contribution is -1.86. The van der Waals surface area contributed by atoms with Crippen molar-refractivity contribution in [3.05, 3.63) is 23.6 Å². The number of hydrogen-bond acceptors (Lipinski definition) is 3. The Bertz CT molecular complexity index is 353. The third-order valence-corrected chi connectivity index (χ3v) is 2.20. The van der Waals surface area contributed by atoms with E-state index in [1.807, 2.05) is 23.6 Å². The van der Waals surface area contributed by atoms with Crippen molar-refractivity contribution in [3.8, 4) is 0 Å². The van der Waals surface area contributed by atoms with Gasteiger partial charge < -0.3 is 5.73 Å². The minimum Gasteiger partial charge on any atom is -0.384 e. The molecule has 0 amide bonds. The number of fused-ring (bicyclic) bond motifs is 1. The van der Waals surface area contributed by atoms with Gasteiger partial charge in [-0.3, -0.25) is 0 Å². The number of nitrogens with two attached hydrogens (primary N) is 1. The van der Waals surface area contributed by atoms with E-state index in [0.29, 0.717) is 5.82 Å². The minimum absolute atomic E-state index is 0.589. The molecule has 0 spiro atoms. The van der Waals surface area contributed by atoms with E-state index in [0.717, 1.165) is 5.52 Å². The largest absolute Gasteiger partial charge is 0.384 e. The van der Waals surface area contributed by atoms with Gasteiger partial charge in [0, 0.05) is 0 Å². The molecule has 0 atom stereocenters. The number of aromatic nitrogens is 1. The van der Waals surface area contributed by atoms with E-state index in [4.69, 9.17) is 5.73 Å². The normalized spacial score (nSPS) is 10.4.